The van der Waals surface area contributed by atoms with Crippen LogP contribution in [0.5, 0.6) is 0 Å². The van der Waals surface area contributed by atoms with E-state index in [4.69, 9.17) is 9.97 Å². The topological polar surface area (TPSA) is 210 Å². The molecule has 6 atom stereocenters. The third kappa shape index (κ3) is 13.5. The van der Waals surface area contributed by atoms with Crippen LogP contribution in [-0.4, -0.2) is 214 Å². The van der Waals surface area contributed by atoms with Gasteiger partial charge in [0.1, 0.15) is 23.0 Å². The maximum absolute atomic E-state index is 14.8. The lowest BCUT2D eigenvalue weighted by molar-refractivity contribution is -0.121. The Morgan fingerprint density at radius 2 is 0.924 bits per heavy atom. The van der Waals surface area contributed by atoms with Gasteiger partial charge in [0.2, 0.25) is 11.8 Å². The van der Waals surface area contributed by atoms with E-state index < -0.39 is 10.8 Å². The Morgan fingerprint density at radius 1 is 0.533 bits per heavy atom. The first kappa shape index (κ1) is 64.3. The number of hydrogen-bond donors (Lipinski definition) is 4. The van der Waals surface area contributed by atoms with E-state index in [0.29, 0.717) is 149 Å². The molecule has 0 bridgehead atoms. The molecule has 0 radical (unpaired) electrons. The molecule has 6 aliphatic heterocycles. The number of hydrogen-bond acceptors (Lipinski definition) is 14. The van der Waals surface area contributed by atoms with Gasteiger partial charge in [0.15, 0.2) is 0 Å². The highest BCUT2D eigenvalue weighted by molar-refractivity contribution is 6.05. The number of piperazine rings is 4. The molecule has 4 N–H and O–H groups in total. The van der Waals surface area contributed by atoms with Gasteiger partial charge in [0, 0.05) is 186 Å². The molecule has 4 amide bonds. The number of carbonyl (C=O) groups is 4. The summed E-state index contributed by atoms with van der Waals surface area (Å²) < 4.78 is 27.5. The Balaban J connectivity index is 0.669. The molecule has 10 heterocycles. The number of H-pyrrole nitrogens is 2. The second-order valence-corrected chi connectivity index (χ2v) is 27.9. The summed E-state index contributed by atoms with van der Waals surface area (Å²) in [6, 6.07) is 23.2. The summed E-state index contributed by atoms with van der Waals surface area (Å²) in [5, 5.41) is 7.28. The van der Waals surface area contributed by atoms with E-state index in [-0.39, 0.29) is 95.7 Å². The fourth-order valence-corrected chi connectivity index (χ4v) is 14.7. The minimum absolute atomic E-state index is 0.00278. The Kier molecular flexibility index (Phi) is 18.3. The predicted molar refractivity (Wildman–Crippen MR) is 350 cm³/mol. The van der Waals surface area contributed by atoms with Crippen molar-refractivity contribution in [1.82, 2.24) is 60.0 Å². The van der Waals surface area contributed by atoms with Gasteiger partial charge in [-0.2, -0.15) is 0 Å². The summed E-state index contributed by atoms with van der Waals surface area (Å²) in [5.74, 6) is -1.17. The molecular weight excluding hydrogens is 1170 g/mol. The largest absolute Gasteiger partial charge is 0.336 e. The number of carbonyl (C=O) groups excluding carboxylic acids is 4. The first-order valence-corrected chi connectivity index (χ1v) is 32.5. The summed E-state index contributed by atoms with van der Waals surface area (Å²) in [7, 11) is 0. The SMILES string of the molecule is C[C@@H]1CN(CC(=O)N2CC(C)(C)c3[nH]c(=O)c(Cc4ccc(F)cc4)cc32)[C@@H](CN2CCN(C(=O)c3cccnc3-c3ncccc3C(=O)N3CCN(C[C@H]4CN[C@H](C)CN4CC(=O)N4CC(C)(C)c5[nH]c(=O)c(Cc6ccc(F)cc6)cc54)[C@H](C)C3)C[C@H]2C)CN1. The molecule has 92 heavy (non-hydrogen) atoms. The molecule has 0 saturated carbocycles. The zero-order valence-corrected chi connectivity index (χ0v) is 54.1. The number of amides is 4. The van der Waals surface area contributed by atoms with Crippen molar-refractivity contribution < 1.29 is 28.0 Å². The van der Waals surface area contributed by atoms with E-state index in [0.717, 1.165) is 22.5 Å². The Morgan fingerprint density at radius 3 is 1.30 bits per heavy atom. The van der Waals surface area contributed by atoms with Gasteiger partial charge in [0.05, 0.1) is 35.6 Å². The molecular formula is C70H86F2N14O6. The molecule has 4 fully saturated rings. The van der Waals surface area contributed by atoms with Crippen molar-refractivity contribution in [3.8, 4) is 11.4 Å². The van der Waals surface area contributed by atoms with Crippen LogP contribution in [0.25, 0.3) is 11.4 Å². The maximum atomic E-state index is 14.8. The summed E-state index contributed by atoms with van der Waals surface area (Å²) in [6.07, 6.45) is 3.86. The van der Waals surface area contributed by atoms with Crippen molar-refractivity contribution in [3.63, 3.8) is 0 Å². The zero-order chi connectivity index (χ0) is 64.9. The van der Waals surface area contributed by atoms with Crippen LogP contribution in [0.15, 0.2) is 107 Å². The van der Waals surface area contributed by atoms with Gasteiger partial charge in [-0.1, -0.05) is 52.0 Å². The molecule has 0 spiro atoms. The number of fused-ring (bicyclic) bond motifs is 2. The van der Waals surface area contributed by atoms with Gasteiger partial charge < -0.3 is 40.2 Å². The Bertz CT molecular complexity index is 3630. The third-order valence-electron chi connectivity index (χ3n) is 19.9. The van der Waals surface area contributed by atoms with Gasteiger partial charge >= 0.3 is 0 Å². The van der Waals surface area contributed by atoms with E-state index in [1.807, 2.05) is 59.4 Å². The average Bonchev–Trinajstić information content (AvgIpc) is 1.60. The van der Waals surface area contributed by atoms with Crippen molar-refractivity contribution in [2.75, 3.05) is 115 Å². The van der Waals surface area contributed by atoms with Crippen molar-refractivity contribution in [2.24, 2.45) is 0 Å². The summed E-state index contributed by atoms with van der Waals surface area (Å²) >= 11 is 0. The zero-order valence-electron chi connectivity index (χ0n) is 54.1. The fraction of sp³-hybridized carbons (Fsp3) is 0.486. The molecule has 6 aliphatic rings. The van der Waals surface area contributed by atoms with Crippen LogP contribution < -0.4 is 31.6 Å². The number of pyridine rings is 4. The van der Waals surface area contributed by atoms with Crippen LogP contribution in [0.4, 0.5) is 20.2 Å². The van der Waals surface area contributed by atoms with Crippen molar-refractivity contribution in [3.05, 3.63) is 174 Å². The second kappa shape index (κ2) is 26.3. The van der Waals surface area contributed by atoms with Crippen LogP contribution in [0.1, 0.15) is 110 Å². The van der Waals surface area contributed by atoms with Crippen LogP contribution in [0.3, 0.4) is 0 Å². The van der Waals surface area contributed by atoms with Crippen LogP contribution in [0.2, 0.25) is 0 Å². The number of anilines is 2. The average molecular weight is 1260 g/mol. The van der Waals surface area contributed by atoms with Crippen LogP contribution >= 0.6 is 0 Å². The Hall–Kier alpha value is -7.86. The molecule has 4 aromatic heterocycles. The fourth-order valence-electron chi connectivity index (χ4n) is 14.7. The number of nitrogens with zero attached hydrogens (tertiary/aromatic N) is 10. The number of nitrogens with one attached hydrogen (secondary N) is 4. The number of rotatable bonds is 15. The number of aromatic nitrogens is 4. The predicted octanol–water partition coefficient (Wildman–Crippen LogP) is 5.25. The molecule has 4 saturated heterocycles. The van der Waals surface area contributed by atoms with Crippen molar-refractivity contribution in [2.45, 2.75) is 115 Å². The number of aromatic amines is 2. The smallest absolute Gasteiger partial charge is 0.256 e. The lowest BCUT2D eigenvalue weighted by Gasteiger charge is -2.46. The van der Waals surface area contributed by atoms with Crippen molar-refractivity contribution in [1.29, 1.82) is 0 Å². The first-order chi connectivity index (χ1) is 44.0. The van der Waals surface area contributed by atoms with E-state index in [9.17, 15) is 37.5 Å². The number of benzene rings is 2. The quantitative estimate of drug-likeness (QED) is 0.104. The van der Waals surface area contributed by atoms with Gasteiger partial charge in [0.25, 0.3) is 22.9 Å². The summed E-state index contributed by atoms with van der Waals surface area (Å²) in [4.78, 5) is 118. The first-order valence-electron chi connectivity index (χ1n) is 32.5. The van der Waals surface area contributed by atoms with Gasteiger partial charge in [-0.3, -0.25) is 58.3 Å². The highest BCUT2D eigenvalue weighted by Crippen LogP contribution is 2.41. The Labute approximate surface area is 536 Å². The van der Waals surface area contributed by atoms with E-state index in [1.54, 1.807) is 60.9 Å². The van der Waals surface area contributed by atoms with Gasteiger partial charge in [-0.15, -0.1) is 0 Å². The lowest BCUT2D eigenvalue weighted by atomic mass is 9.91. The minimum Gasteiger partial charge on any atom is -0.336 e. The second-order valence-electron chi connectivity index (χ2n) is 27.9. The number of halogens is 2. The van der Waals surface area contributed by atoms with Crippen LogP contribution in [0, 0.1) is 11.6 Å². The minimum atomic E-state index is -0.479. The molecule has 0 aliphatic carbocycles. The molecule has 6 aromatic rings. The monoisotopic (exact) mass is 1260 g/mol. The van der Waals surface area contributed by atoms with Gasteiger partial charge in [-0.05, 0) is 99.5 Å². The molecule has 0 unspecified atom stereocenters. The normalized spacial score (nSPS) is 23.6. The highest BCUT2D eigenvalue weighted by atomic mass is 19.1. The highest BCUT2D eigenvalue weighted by Gasteiger charge is 2.44. The molecule has 22 heteroatoms. The molecule has 486 valence electrons. The van der Waals surface area contributed by atoms with E-state index in [1.165, 1.54) is 24.3 Å². The molecule has 2 aromatic carbocycles. The third-order valence-corrected chi connectivity index (χ3v) is 19.9. The molecule has 20 nitrogen and oxygen atoms in total. The lowest BCUT2D eigenvalue weighted by Crippen LogP contribution is -2.63. The van der Waals surface area contributed by atoms with Gasteiger partial charge in [-0.25, -0.2) is 8.78 Å². The summed E-state index contributed by atoms with van der Waals surface area (Å²) in [6.45, 7) is 25.0. The summed E-state index contributed by atoms with van der Waals surface area (Å²) in [5.41, 5.74) is 5.51. The van der Waals surface area contributed by atoms with Crippen molar-refractivity contribution >= 4 is 35.0 Å². The van der Waals surface area contributed by atoms with E-state index in [2.05, 4.69) is 67.9 Å². The van der Waals surface area contributed by atoms with Crippen LogP contribution in [-0.2, 0) is 33.3 Å². The van der Waals surface area contributed by atoms with E-state index >= 15 is 0 Å². The molecule has 12 rings (SSSR count). The standard InChI is InChI=1S/C70H86F2N14O6/c1-43-33-83(39-59(87)85-41-69(5,6)63-57(85)29-49(65(89)77-63)27-47-13-17-51(71)18-14-47)53(31-75-43)37-79-23-25-81(35-45(79)3)67(91)55-11-9-21-73-61(55)62-56(12-10-22-74-62)68(92)82-26-24-80(46(4)36-82)38-54-32-76-44(2)34-84(54)40-60(88)86-42-70(7,8)64-58(86)30-50(66(90)78-64)28-48-15-19-52(72)20-16-48/h9-22,29-30,43-46,53-54,75-76H,23-28,31-42H2,1-8H3,(H,77,89)(H,78,90)/t43-,44-,45-,46-,53-,54-/m1/s1. The maximum Gasteiger partial charge on any atom is 0.256 e.